The number of aromatic carboxylic acids is 1. The molecule has 0 spiro atoms. The molecule has 0 unspecified atom stereocenters. The van der Waals surface area contributed by atoms with Gasteiger partial charge >= 0.3 is 5.97 Å². The molecule has 3 nitrogen and oxygen atoms in total. The van der Waals surface area contributed by atoms with Crippen molar-refractivity contribution in [3.8, 4) is 0 Å². The highest BCUT2D eigenvalue weighted by molar-refractivity contribution is 5.88. The van der Waals surface area contributed by atoms with Gasteiger partial charge in [-0.15, -0.1) is 12.4 Å². The maximum Gasteiger partial charge on any atom is 0.337 e. The monoisotopic (exact) mass is 173 g/mol. The number of aromatic nitrogens is 1. The number of aryl methyl sites for hydroxylation is 1. The summed E-state index contributed by atoms with van der Waals surface area (Å²) < 4.78 is 0. The van der Waals surface area contributed by atoms with Gasteiger partial charge in [0.1, 0.15) is 0 Å². The molecule has 1 aromatic rings. The number of rotatable bonds is 1. The van der Waals surface area contributed by atoms with Gasteiger partial charge in [0.2, 0.25) is 0 Å². The third-order valence-electron chi connectivity index (χ3n) is 1.27. The molecule has 1 heterocycles. The van der Waals surface area contributed by atoms with Crippen LogP contribution in [0.5, 0.6) is 0 Å². The van der Waals surface area contributed by atoms with Crippen molar-refractivity contribution >= 4 is 18.4 Å². The number of hydrogen-bond acceptors (Lipinski definition) is 2. The summed E-state index contributed by atoms with van der Waals surface area (Å²) in [6, 6.07) is 1.67. The minimum Gasteiger partial charge on any atom is -0.478 e. The van der Waals surface area contributed by atoms with E-state index in [1.807, 2.05) is 0 Å². The second-order valence-corrected chi connectivity index (χ2v) is 2.00. The average Bonchev–Trinajstić information content (AvgIpc) is 1.88. The van der Waals surface area contributed by atoms with E-state index in [1.54, 1.807) is 19.2 Å². The maximum atomic E-state index is 10.4. The SMILES string of the molecule is Cc1ccncc1C(=O)O.Cl. The minimum atomic E-state index is -0.925. The number of carbonyl (C=O) groups is 1. The molecule has 0 saturated heterocycles. The first-order chi connectivity index (χ1) is 4.72. The highest BCUT2D eigenvalue weighted by atomic mass is 35.5. The van der Waals surface area contributed by atoms with Gasteiger partial charge in [-0.05, 0) is 18.6 Å². The molecular weight excluding hydrogens is 166 g/mol. The summed E-state index contributed by atoms with van der Waals surface area (Å²) in [6.45, 7) is 1.74. The maximum absolute atomic E-state index is 10.4. The average molecular weight is 174 g/mol. The largest absolute Gasteiger partial charge is 0.478 e. The smallest absolute Gasteiger partial charge is 0.337 e. The molecule has 0 aliphatic carbocycles. The summed E-state index contributed by atoms with van der Waals surface area (Å²) in [6.07, 6.45) is 2.92. The van der Waals surface area contributed by atoms with Gasteiger partial charge in [0.05, 0.1) is 5.56 Å². The van der Waals surface area contributed by atoms with Crippen LogP contribution in [0.3, 0.4) is 0 Å². The minimum absolute atomic E-state index is 0. The second-order valence-electron chi connectivity index (χ2n) is 2.00. The first-order valence-electron chi connectivity index (χ1n) is 2.85. The molecule has 0 bridgehead atoms. The van der Waals surface area contributed by atoms with E-state index in [0.29, 0.717) is 0 Å². The number of pyridine rings is 1. The zero-order chi connectivity index (χ0) is 7.56. The second kappa shape index (κ2) is 3.93. The first kappa shape index (κ1) is 9.91. The van der Waals surface area contributed by atoms with E-state index >= 15 is 0 Å². The van der Waals surface area contributed by atoms with Crippen molar-refractivity contribution in [1.29, 1.82) is 0 Å². The van der Waals surface area contributed by atoms with Gasteiger partial charge < -0.3 is 5.11 Å². The molecule has 0 atom stereocenters. The van der Waals surface area contributed by atoms with E-state index in [-0.39, 0.29) is 18.0 Å². The number of halogens is 1. The van der Waals surface area contributed by atoms with E-state index in [0.717, 1.165) is 5.56 Å². The zero-order valence-corrected chi connectivity index (χ0v) is 6.76. The van der Waals surface area contributed by atoms with Crippen LogP contribution >= 0.6 is 12.4 Å². The quantitative estimate of drug-likeness (QED) is 0.701. The molecule has 4 heteroatoms. The number of hydrogen-bond donors (Lipinski definition) is 1. The molecular formula is C7H8ClNO2. The Labute approximate surface area is 70.5 Å². The molecule has 0 radical (unpaired) electrons. The molecule has 1 N–H and O–H groups in total. The Morgan fingerprint density at radius 2 is 2.27 bits per heavy atom. The van der Waals surface area contributed by atoms with Crippen molar-refractivity contribution in [3.05, 3.63) is 29.6 Å². The molecule has 0 aliphatic heterocycles. The van der Waals surface area contributed by atoms with Crippen molar-refractivity contribution in [1.82, 2.24) is 4.98 Å². The number of carboxylic acids is 1. The van der Waals surface area contributed by atoms with Crippen molar-refractivity contribution in [2.45, 2.75) is 6.92 Å². The van der Waals surface area contributed by atoms with Gasteiger partial charge in [0.25, 0.3) is 0 Å². The summed E-state index contributed by atoms with van der Waals surface area (Å²) in [4.78, 5) is 14.1. The van der Waals surface area contributed by atoms with Crippen molar-refractivity contribution in [3.63, 3.8) is 0 Å². The van der Waals surface area contributed by atoms with Crippen LogP contribution in [0, 0.1) is 6.92 Å². The van der Waals surface area contributed by atoms with Gasteiger partial charge in [0.15, 0.2) is 0 Å². The van der Waals surface area contributed by atoms with Gasteiger partial charge in [0, 0.05) is 12.4 Å². The van der Waals surface area contributed by atoms with Crippen LogP contribution in [0.1, 0.15) is 15.9 Å². The Balaban J connectivity index is 0.000001000. The molecule has 0 aromatic carbocycles. The van der Waals surface area contributed by atoms with Gasteiger partial charge in [-0.1, -0.05) is 0 Å². The lowest BCUT2D eigenvalue weighted by atomic mass is 10.2. The highest BCUT2D eigenvalue weighted by Crippen LogP contribution is 2.03. The summed E-state index contributed by atoms with van der Waals surface area (Å²) in [5, 5.41) is 8.53. The van der Waals surface area contributed by atoms with E-state index in [4.69, 9.17) is 5.11 Å². The van der Waals surface area contributed by atoms with Crippen LogP contribution in [0.25, 0.3) is 0 Å². The topological polar surface area (TPSA) is 50.2 Å². The lowest BCUT2D eigenvalue weighted by molar-refractivity contribution is 0.0695. The fourth-order valence-corrected chi connectivity index (χ4v) is 0.688. The van der Waals surface area contributed by atoms with E-state index in [2.05, 4.69) is 4.98 Å². The van der Waals surface area contributed by atoms with E-state index in [9.17, 15) is 4.79 Å². The fourth-order valence-electron chi connectivity index (χ4n) is 0.688. The van der Waals surface area contributed by atoms with Gasteiger partial charge in [-0.3, -0.25) is 4.98 Å². The van der Waals surface area contributed by atoms with Crippen LogP contribution in [-0.4, -0.2) is 16.1 Å². The molecule has 11 heavy (non-hydrogen) atoms. The first-order valence-corrected chi connectivity index (χ1v) is 2.85. The summed E-state index contributed by atoms with van der Waals surface area (Å²) >= 11 is 0. The van der Waals surface area contributed by atoms with Crippen LogP contribution < -0.4 is 0 Å². The predicted molar refractivity (Wildman–Crippen MR) is 43.2 cm³/mol. The van der Waals surface area contributed by atoms with Crippen LogP contribution in [0.2, 0.25) is 0 Å². The Morgan fingerprint density at radius 3 is 2.64 bits per heavy atom. The zero-order valence-electron chi connectivity index (χ0n) is 5.94. The molecule has 0 amide bonds. The van der Waals surface area contributed by atoms with Crippen molar-refractivity contribution in [2.75, 3.05) is 0 Å². The van der Waals surface area contributed by atoms with Crippen LogP contribution in [-0.2, 0) is 0 Å². The summed E-state index contributed by atoms with van der Waals surface area (Å²) in [7, 11) is 0. The molecule has 0 saturated carbocycles. The molecule has 60 valence electrons. The van der Waals surface area contributed by atoms with Crippen LogP contribution in [0.4, 0.5) is 0 Å². The van der Waals surface area contributed by atoms with Crippen LogP contribution in [0.15, 0.2) is 18.5 Å². The highest BCUT2D eigenvalue weighted by Gasteiger charge is 2.03. The fraction of sp³-hybridized carbons (Fsp3) is 0.143. The van der Waals surface area contributed by atoms with E-state index in [1.165, 1.54) is 6.20 Å². The summed E-state index contributed by atoms with van der Waals surface area (Å²) in [5.41, 5.74) is 1.00. The molecule has 0 fully saturated rings. The lowest BCUT2D eigenvalue weighted by Gasteiger charge is -1.95. The third-order valence-corrected chi connectivity index (χ3v) is 1.27. The summed E-state index contributed by atoms with van der Waals surface area (Å²) in [5.74, 6) is -0.925. The Morgan fingerprint density at radius 1 is 1.64 bits per heavy atom. The molecule has 1 rings (SSSR count). The Hall–Kier alpha value is -1.09. The standard InChI is InChI=1S/C7H7NO2.ClH/c1-5-2-3-8-4-6(5)7(9)10;/h2-4H,1H3,(H,9,10);1H. The Bertz CT molecular complexity index is 262. The number of carboxylic acid groups (broad SMARTS) is 1. The Kier molecular flexibility index (Phi) is 3.54. The number of nitrogens with zero attached hydrogens (tertiary/aromatic N) is 1. The van der Waals surface area contributed by atoms with E-state index < -0.39 is 5.97 Å². The third kappa shape index (κ3) is 2.20. The van der Waals surface area contributed by atoms with Crippen molar-refractivity contribution in [2.24, 2.45) is 0 Å². The van der Waals surface area contributed by atoms with Crippen molar-refractivity contribution < 1.29 is 9.90 Å². The normalized spacial score (nSPS) is 8.45. The van der Waals surface area contributed by atoms with Gasteiger partial charge in [-0.25, -0.2) is 4.79 Å². The van der Waals surface area contributed by atoms with Gasteiger partial charge in [-0.2, -0.15) is 0 Å². The molecule has 0 aliphatic rings. The lowest BCUT2D eigenvalue weighted by Crippen LogP contribution is -1.99. The predicted octanol–water partition coefficient (Wildman–Crippen LogP) is 1.51. The molecule has 1 aromatic heterocycles.